The van der Waals surface area contributed by atoms with Crippen LogP contribution in [-0.2, 0) is 0 Å². The van der Waals surface area contributed by atoms with Crippen LogP contribution in [0.2, 0.25) is 0 Å². The van der Waals surface area contributed by atoms with Crippen molar-refractivity contribution < 1.29 is 4.39 Å². The van der Waals surface area contributed by atoms with Crippen LogP contribution in [0, 0.1) is 5.82 Å². The Morgan fingerprint density at radius 3 is 2.89 bits per heavy atom. The van der Waals surface area contributed by atoms with Crippen molar-refractivity contribution in [1.82, 2.24) is 10.6 Å². The molecule has 0 spiro atoms. The Balaban J connectivity index is 1.58. The summed E-state index contributed by atoms with van der Waals surface area (Å²) in [4.78, 5) is 5.46. The maximum absolute atomic E-state index is 12.7. The molecule has 2 N–H and O–H groups in total. The number of guanidine groups is 1. The van der Waals surface area contributed by atoms with E-state index < -0.39 is 0 Å². The lowest BCUT2D eigenvalue weighted by atomic mass is 10.4. The number of benzene rings is 1. The Kier molecular flexibility index (Phi) is 5.33. The predicted molar refractivity (Wildman–Crippen MR) is 74.7 cm³/mol. The van der Waals surface area contributed by atoms with Crippen molar-refractivity contribution in [2.24, 2.45) is 4.99 Å². The molecule has 1 heterocycles. The lowest BCUT2D eigenvalue weighted by Gasteiger charge is -2.15. The van der Waals surface area contributed by atoms with Crippen molar-refractivity contribution in [3.05, 3.63) is 30.1 Å². The molecule has 1 aromatic rings. The summed E-state index contributed by atoms with van der Waals surface area (Å²) in [6.45, 7) is 2.84. The van der Waals surface area contributed by atoms with Gasteiger partial charge in [0.2, 0.25) is 0 Å². The summed E-state index contributed by atoms with van der Waals surface area (Å²) in [6.07, 6.45) is 2.17. The van der Waals surface area contributed by atoms with Crippen LogP contribution >= 0.6 is 11.8 Å². The fraction of sp³-hybridized carbons (Fsp3) is 0.462. The van der Waals surface area contributed by atoms with Crippen LogP contribution in [0.3, 0.4) is 0 Å². The largest absolute Gasteiger partial charge is 0.356 e. The highest BCUT2D eigenvalue weighted by atomic mass is 32.2. The van der Waals surface area contributed by atoms with Crippen LogP contribution in [-0.4, -0.2) is 31.3 Å². The summed E-state index contributed by atoms with van der Waals surface area (Å²) in [5, 5.41) is 6.51. The van der Waals surface area contributed by atoms with Crippen molar-refractivity contribution in [2.45, 2.75) is 17.7 Å². The third kappa shape index (κ3) is 4.56. The third-order valence-corrected chi connectivity index (χ3v) is 3.69. The van der Waals surface area contributed by atoms with Gasteiger partial charge in [0.25, 0.3) is 0 Å². The number of halogens is 1. The van der Waals surface area contributed by atoms with Crippen LogP contribution < -0.4 is 10.6 Å². The maximum atomic E-state index is 12.7. The van der Waals surface area contributed by atoms with Crippen LogP contribution in [0.1, 0.15) is 12.8 Å². The van der Waals surface area contributed by atoms with E-state index in [-0.39, 0.29) is 5.82 Å². The number of rotatable bonds is 5. The molecule has 0 saturated carbocycles. The van der Waals surface area contributed by atoms with Gasteiger partial charge in [-0.15, -0.1) is 11.8 Å². The number of thioether (sulfide) groups is 1. The van der Waals surface area contributed by atoms with Crippen LogP contribution in [0.15, 0.2) is 34.2 Å². The quantitative estimate of drug-likeness (QED) is 0.634. The Morgan fingerprint density at radius 2 is 2.17 bits per heavy atom. The van der Waals surface area contributed by atoms with Gasteiger partial charge < -0.3 is 10.6 Å². The Morgan fingerprint density at radius 1 is 1.33 bits per heavy atom. The van der Waals surface area contributed by atoms with Gasteiger partial charge in [-0.2, -0.15) is 0 Å². The summed E-state index contributed by atoms with van der Waals surface area (Å²) < 4.78 is 12.7. The number of nitrogens with one attached hydrogen (secondary N) is 2. The van der Waals surface area contributed by atoms with Crippen LogP contribution in [0.4, 0.5) is 4.39 Å². The molecule has 1 aliphatic heterocycles. The first kappa shape index (κ1) is 13.2. The molecular weight excluding hydrogens is 249 g/mol. The van der Waals surface area contributed by atoms with Gasteiger partial charge in [-0.25, -0.2) is 4.39 Å². The Labute approximate surface area is 111 Å². The molecule has 3 nitrogen and oxygen atoms in total. The van der Waals surface area contributed by atoms with E-state index in [1.54, 1.807) is 11.8 Å². The minimum Gasteiger partial charge on any atom is -0.356 e. The van der Waals surface area contributed by atoms with Crippen LogP contribution in [0.25, 0.3) is 0 Å². The molecule has 0 saturated heterocycles. The third-order valence-electron chi connectivity index (χ3n) is 2.59. The number of hydrogen-bond acceptors (Lipinski definition) is 4. The zero-order valence-corrected chi connectivity index (χ0v) is 11.1. The number of aliphatic imine (C=N–C) groups is 1. The molecule has 1 aromatic carbocycles. The van der Waals surface area contributed by atoms with Crippen molar-refractivity contribution >= 4 is 17.7 Å². The smallest absolute Gasteiger partial charge is 0.191 e. The summed E-state index contributed by atoms with van der Waals surface area (Å²) in [5.41, 5.74) is 0. The van der Waals surface area contributed by atoms with Crippen LogP contribution in [0.5, 0.6) is 0 Å². The monoisotopic (exact) mass is 267 g/mol. The van der Waals surface area contributed by atoms with Gasteiger partial charge in [-0.3, -0.25) is 4.99 Å². The first-order chi connectivity index (χ1) is 8.84. The van der Waals surface area contributed by atoms with Crippen molar-refractivity contribution in [1.29, 1.82) is 0 Å². The van der Waals surface area contributed by atoms with Gasteiger partial charge in [-0.05, 0) is 42.9 Å². The van der Waals surface area contributed by atoms with Gasteiger partial charge in [0, 0.05) is 24.5 Å². The topological polar surface area (TPSA) is 36.4 Å². The van der Waals surface area contributed by atoms with E-state index in [1.807, 2.05) is 12.1 Å². The number of nitrogens with zero attached hydrogens (tertiary/aromatic N) is 1. The molecule has 0 radical (unpaired) electrons. The lowest BCUT2D eigenvalue weighted by molar-refractivity contribution is 0.626. The minimum atomic E-state index is -0.178. The number of hydrogen-bond donors (Lipinski definition) is 2. The van der Waals surface area contributed by atoms with Gasteiger partial charge in [0.05, 0.1) is 0 Å². The van der Waals surface area contributed by atoms with E-state index in [0.29, 0.717) is 0 Å². The molecule has 0 bridgehead atoms. The van der Waals surface area contributed by atoms with Crippen molar-refractivity contribution in [3.8, 4) is 0 Å². The molecule has 0 amide bonds. The fourth-order valence-electron chi connectivity index (χ4n) is 1.65. The van der Waals surface area contributed by atoms with Gasteiger partial charge in [0.15, 0.2) is 5.96 Å². The lowest BCUT2D eigenvalue weighted by Crippen LogP contribution is -2.41. The second-order valence-corrected chi connectivity index (χ2v) is 5.26. The summed E-state index contributed by atoms with van der Waals surface area (Å²) in [6, 6.07) is 6.64. The molecule has 98 valence electrons. The average Bonchev–Trinajstić information content (AvgIpc) is 2.42. The Bertz CT molecular complexity index is 392. The van der Waals surface area contributed by atoms with E-state index in [9.17, 15) is 4.39 Å². The second-order valence-electron chi connectivity index (χ2n) is 4.09. The first-order valence-corrected chi connectivity index (χ1v) is 7.24. The molecule has 18 heavy (non-hydrogen) atoms. The van der Waals surface area contributed by atoms with E-state index in [0.717, 1.165) is 49.1 Å². The zero-order chi connectivity index (χ0) is 12.6. The van der Waals surface area contributed by atoms with Gasteiger partial charge >= 0.3 is 0 Å². The molecule has 0 atom stereocenters. The highest BCUT2D eigenvalue weighted by Gasteiger charge is 2.02. The standard InChI is InChI=1S/C13H18FN3S/c14-11-3-5-12(6-4-11)18-10-2-9-17-13-15-7-1-8-16-13/h3-6H,1-2,7-10H2,(H2,15,16,17). The summed E-state index contributed by atoms with van der Waals surface area (Å²) >= 11 is 1.75. The zero-order valence-electron chi connectivity index (χ0n) is 10.3. The highest BCUT2D eigenvalue weighted by molar-refractivity contribution is 7.99. The van der Waals surface area contributed by atoms with Crippen molar-refractivity contribution in [2.75, 3.05) is 25.4 Å². The molecule has 0 fully saturated rings. The van der Waals surface area contributed by atoms with E-state index >= 15 is 0 Å². The average molecular weight is 267 g/mol. The maximum Gasteiger partial charge on any atom is 0.191 e. The second kappa shape index (κ2) is 7.26. The van der Waals surface area contributed by atoms with Gasteiger partial charge in [0.1, 0.15) is 5.82 Å². The Hall–Kier alpha value is -1.23. The molecule has 0 aliphatic carbocycles. The fourth-order valence-corrected chi connectivity index (χ4v) is 2.50. The van der Waals surface area contributed by atoms with E-state index in [1.165, 1.54) is 12.1 Å². The summed E-state index contributed by atoms with van der Waals surface area (Å²) in [7, 11) is 0. The normalized spacial score (nSPS) is 14.8. The summed E-state index contributed by atoms with van der Waals surface area (Å²) in [5.74, 6) is 1.77. The molecule has 2 rings (SSSR count). The molecule has 0 unspecified atom stereocenters. The minimum absolute atomic E-state index is 0.178. The van der Waals surface area contributed by atoms with Gasteiger partial charge in [-0.1, -0.05) is 0 Å². The van der Waals surface area contributed by atoms with Crippen molar-refractivity contribution in [3.63, 3.8) is 0 Å². The predicted octanol–water partition coefficient (Wildman–Crippen LogP) is 2.25. The van der Waals surface area contributed by atoms with E-state index in [2.05, 4.69) is 15.6 Å². The highest BCUT2D eigenvalue weighted by Crippen LogP contribution is 2.18. The molecular formula is C13H18FN3S. The first-order valence-electron chi connectivity index (χ1n) is 6.25. The molecule has 0 aromatic heterocycles. The molecule has 5 heteroatoms. The van der Waals surface area contributed by atoms with E-state index in [4.69, 9.17) is 0 Å². The SMILES string of the molecule is Fc1ccc(SCCCNC2=NCCCN2)cc1. The molecule has 1 aliphatic rings.